The fraction of sp³-hybridized carbons (Fsp3) is 0.429. The van der Waals surface area contributed by atoms with Gasteiger partial charge in [-0.05, 0) is 41.0 Å². The van der Waals surface area contributed by atoms with Crippen LogP contribution in [0.1, 0.15) is 74.6 Å². The Bertz CT molecular complexity index is 566. The van der Waals surface area contributed by atoms with E-state index in [1.54, 1.807) is 0 Å². The number of aryl methyl sites for hydroxylation is 1. The summed E-state index contributed by atoms with van der Waals surface area (Å²) in [6.07, 6.45) is 3.54. The Morgan fingerprint density at radius 2 is 1.43 bits per heavy atom. The molecule has 21 heavy (non-hydrogen) atoms. The van der Waals surface area contributed by atoms with Crippen LogP contribution in [0.2, 0.25) is 0 Å². The molecule has 0 radical (unpaired) electrons. The molecule has 2 aromatic rings. The smallest absolute Gasteiger partial charge is 0.00894 e. The lowest BCUT2D eigenvalue weighted by Crippen LogP contribution is -2.03. The minimum atomic E-state index is 0.528. The average molecular weight is 280 g/mol. The molecule has 0 fully saturated rings. The van der Waals surface area contributed by atoms with Crippen LogP contribution in [0.5, 0.6) is 0 Å². The molecular weight excluding hydrogens is 252 g/mol. The lowest BCUT2D eigenvalue weighted by molar-refractivity contribution is 0.695. The maximum Gasteiger partial charge on any atom is 0.00894 e. The first-order valence-corrected chi connectivity index (χ1v) is 8.34. The predicted octanol–water partition coefficient (Wildman–Crippen LogP) is 6.30. The second-order valence-corrected chi connectivity index (χ2v) is 6.26. The van der Waals surface area contributed by atoms with E-state index in [0.717, 1.165) is 6.42 Å². The standard InChI is InChI=1S/C21H28/c1-5-9-21(19-12-7-10-17(6-2)14-19)20-13-8-11-18(15-20)16(3)4/h7-8,10-16,21H,5-6,9H2,1-4H3. The van der Waals surface area contributed by atoms with Crippen molar-refractivity contribution in [1.82, 2.24) is 0 Å². The summed E-state index contributed by atoms with van der Waals surface area (Å²) in [5.41, 5.74) is 5.82. The second kappa shape index (κ2) is 7.45. The van der Waals surface area contributed by atoms with Gasteiger partial charge < -0.3 is 0 Å². The van der Waals surface area contributed by atoms with Gasteiger partial charge in [0.1, 0.15) is 0 Å². The largest absolute Gasteiger partial charge is 0.0653 e. The summed E-state index contributed by atoms with van der Waals surface area (Å²) in [6, 6.07) is 18.3. The van der Waals surface area contributed by atoms with Crippen LogP contribution in [0.15, 0.2) is 48.5 Å². The van der Waals surface area contributed by atoms with E-state index in [9.17, 15) is 0 Å². The van der Waals surface area contributed by atoms with Crippen LogP contribution in [0, 0.1) is 0 Å². The molecule has 0 aliphatic carbocycles. The van der Waals surface area contributed by atoms with Gasteiger partial charge in [-0.1, -0.05) is 82.6 Å². The van der Waals surface area contributed by atoms with Crippen LogP contribution in [-0.4, -0.2) is 0 Å². The molecule has 0 saturated carbocycles. The third-order valence-electron chi connectivity index (χ3n) is 4.32. The SMILES string of the molecule is CCCC(c1cccc(CC)c1)c1cccc(C(C)C)c1. The Morgan fingerprint density at radius 1 is 0.810 bits per heavy atom. The minimum absolute atomic E-state index is 0.528. The second-order valence-electron chi connectivity index (χ2n) is 6.26. The molecule has 1 unspecified atom stereocenters. The van der Waals surface area contributed by atoms with Crippen molar-refractivity contribution in [3.63, 3.8) is 0 Å². The third-order valence-corrected chi connectivity index (χ3v) is 4.32. The quantitative estimate of drug-likeness (QED) is 0.582. The number of rotatable bonds is 6. The summed E-state index contributed by atoms with van der Waals surface area (Å²) < 4.78 is 0. The van der Waals surface area contributed by atoms with Crippen molar-refractivity contribution in [2.45, 2.75) is 58.8 Å². The van der Waals surface area contributed by atoms with Crippen molar-refractivity contribution in [3.05, 3.63) is 70.8 Å². The van der Waals surface area contributed by atoms with Gasteiger partial charge >= 0.3 is 0 Å². The molecule has 112 valence electrons. The maximum atomic E-state index is 2.41. The van der Waals surface area contributed by atoms with E-state index < -0.39 is 0 Å². The van der Waals surface area contributed by atoms with Crippen molar-refractivity contribution in [2.75, 3.05) is 0 Å². The van der Waals surface area contributed by atoms with Gasteiger partial charge in [0, 0.05) is 5.92 Å². The lowest BCUT2D eigenvalue weighted by Gasteiger charge is -2.20. The monoisotopic (exact) mass is 280 g/mol. The maximum absolute atomic E-state index is 2.41. The number of hydrogen-bond acceptors (Lipinski definition) is 0. The molecule has 0 amide bonds. The fourth-order valence-corrected chi connectivity index (χ4v) is 2.98. The van der Waals surface area contributed by atoms with E-state index in [1.807, 2.05) is 0 Å². The zero-order valence-corrected chi connectivity index (χ0v) is 13.9. The first-order valence-electron chi connectivity index (χ1n) is 8.34. The van der Waals surface area contributed by atoms with Crippen molar-refractivity contribution >= 4 is 0 Å². The van der Waals surface area contributed by atoms with Crippen LogP contribution in [0.4, 0.5) is 0 Å². The molecular formula is C21H28. The zero-order valence-electron chi connectivity index (χ0n) is 13.9. The molecule has 2 aromatic carbocycles. The molecule has 0 aliphatic rings. The van der Waals surface area contributed by atoms with E-state index >= 15 is 0 Å². The lowest BCUT2D eigenvalue weighted by atomic mass is 9.85. The molecule has 0 heterocycles. The summed E-state index contributed by atoms with van der Waals surface area (Å²) in [5, 5.41) is 0. The van der Waals surface area contributed by atoms with E-state index in [4.69, 9.17) is 0 Å². The Labute approximate surface area is 130 Å². The molecule has 0 bridgehead atoms. The first-order chi connectivity index (χ1) is 10.2. The number of hydrogen-bond donors (Lipinski definition) is 0. The topological polar surface area (TPSA) is 0 Å². The van der Waals surface area contributed by atoms with Crippen molar-refractivity contribution in [3.8, 4) is 0 Å². The van der Waals surface area contributed by atoms with E-state index in [1.165, 1.54) is 35.1 Å². The van der Waals surface area contributed by atoms with Gasteiger partial charge in [-0.3, -0.25) is 0 Å². The van der Waals surface area contributed by atoms with E-state index in [2.05, 4.69) is 76.2 Å². The number of benzene rings is 2. The van der Waals surface area contributed by atoms with Gasteiger partial charge in [0.05, 0.1) is 0 Å². The van der Waals surface area contributed by atoms with Crippen LogP contribution in [0.25, 0.3) is 0 Å². The van der Waals surface area contributed by atoms with Crippen molar-refractivity contribution < 1.29 is 0 Å². The van der Waals surface area contributed by atoms with Gasteiger partial charge in [-0.15, -0.1) is 0 Å². The highest BCUT2D eigenvalue weighted by Gasteiger charge is 2.14. The summed E-state index contributed by atoms with van der Waals surface area (Å²) >= 11 is 0. The Morgan fingerprint density at radius 3 is 2.05 bits per heavy atom. The molecule has 0 spiro atoms. The summed E-state index contributed by atoms with van der Waals surface area (Å²) in [4.78, 5) is 0. The summed E-state index contributed by atoms with van der Waals surface area (Å²) in [6.45, 7) is 9.05. The average Bonchev–Trinajstić information content (AvgIpc) is 2.52. The molecule has 0 saturated heterocycles. The molecule has 0 N–H and O–H groups in total. The fourth-order valence-electron chi connectivity index (χ4n) is 2.98. The molecule has 0 aromatic heterocycles. The third kappa shape index (κ3) is 3.97. The first kappa shape index (κ1) is 15.8. The Hall–Kier alpha value is -1.56. The normalized spacial score (nSPS) is 12.6. The van der Waals surface area contributed by atoms with Gasteiger partial charge in [0.2, 0.25) is 0 Å². The molecule has 0 aliphatic heterocycles. The molecule has 0 heteroatoms. The van der Waals surface area contributed by atoms with Gasteiger partial charge in [0.25, 0.3) is 0 Å². The van der Waals surface area contributed by atoms with Crippen LogP contribution < -0.4 is 0 Å². The molecule has 0 nitrogen and oxygen atoms in total. The van der Waals surface area contributed by atoms with Crippen LogP contribution >= 0.6 is 0 Å². The summed E-state index contributed by atoms with van der Waals surface area (Å²) in [5.74, 6) is 1.12. The predicted molar refractivity (Wildman–Crippen MR) is 93.1 cm³/mol. The highest BCUT2D eigenvalue weighted by Crippen LogP contribution is 2.31. The van der Waals surface area contributed by atoms with Gasteiger partial charge in [-0.25, -0.2) is 0 Å². The highest BCUT2D eigenvalue weighted by atomic mass is 14.2. The molecule has 1 atom stereocenters. The molecule has 2 rings (SSSR count). The minimum Gasteiger partial charge on any atom is -0.0653 e. The Balaban J connectivity index is 2.40. The Kier molecular flexibility index (Phi) is 5.61. The van der Waals surface area contributed by atoms with Gasteiger partial charge in [-0.2, -0.15) is 0 Å². The van der Waals surface area contributed by atoms with Crippen molar-refractivity contribution in [1.29, 1.82) is 0 Å². The van der Waals surface area contributed by atoms with Crippen LogP contribution in [0.3, 0.4) is 0 Å². The van der Waals surface area contributed by atoms with Gasteiger partial charge in [0.15, 0.2) is 0 Å². The highest BCUT2D eigenvalue weighted by molar-refractivity contribution is 5.37. The zero-order chi connectivity index (χ0) is 15.2. The van der Waals surface area contributed by atoms with E-state index in [0.29, 0.717) is 11.8 Å². The summed E-state index contributed by atoms with van der Waals surface area (Å²) in [7, 11) is 0. The van der Waals surface area contributed by atoms with E-state index in [-0.39, 0.29) is 0 Å². The van der Waals surface area contributed by atoms with Crippen LogP contribution in [-0.2, 0) is 6.42 Å². The van der Waals surface area contributed by atoms with Crippen molar-refractivity contribution in [2.24, 2.45) is 0 Å².